The number of nitrogens with zero attached hydrogens (tertiary/aromatic N) is 1. The van der Waals surface area contributed by atoms with Crippen LogP contribution >= 0.6 is 0 Å². The van der Waals surface area contributed by atoms with Crippen LogP contribution < -0.4 is 0 Å². The van der Waals surface area contributed by atoms with Crippen LogP contribution in [-0.4, -0.2) is 81.3 Å². The number of carbonyl (C=O) groups is 2. The van der Waals surface area contributed by atoms with Crippen LogP contribution in [0.3, 0.4) is 0 Å². The van der Waals surface area contributed by atoms with E-state index in [0.29, 0.717) is 18.5 Å². The number of ether oxygens (including phenoxy) is 2. The van der Waals surface area contributed by atoms with Gasteiger partial charge in [0, 0.05) is 18.7 Å². The Hall–Kier alpha value is -1.74. The highest BCUT2D eigenvalue weighted by molar-refractivity contribution is 5.87. The maximum atomic E-state index is 12.5. The van der Waals surface area contributed by atoms with Crippen LogP contribution in [0.1, 0.15) is 41.0 Å². The summed E-state index contributed by atoms with van der Waals surface area (Å²) in [6.45, 7) is 8.42. The number of hydrogen-bond donors (Lipinski definition) is 3. The van der Waals surface area contributed by atoms with E-state index in [1.54, 1.807) is 19.9 Å². The minimum atomic E-state index is -2.46. The molecule has 0 amide bonds. The van der Waals surface area contributed by atoms with Crippen molar-refractivity contribution in [3.05, 3.63) is 23.3 Å². The van der Waals surface area contributed by atoms with E-state index in [9.17, 15) is 24.9 Å². The van der Waals surface area contributed by atoms with E-state index in [1.165, 1.54) is 20.8 Å². The van der Waals surface area contributed by atoms with E-state index >= 15 is 0 Å². The Bertz CT molecular complexity index is 677. The average Bonchev–Trinajstić information content (AvgIpc) is 3.20. The molecule has 2 heterocycles. The number of aliphatic hydroxyl groups excluding tert-OH is 1. The molecule has 0 aliphatic carbocycles. The summed E-state index contributed by atoms with van der Waals surface area (Å²) >= 11 is 0. The lowest BCUT2D eigenvalue weighted by molar-refractivity contribution is -0.213. The fraction of sp³-hybridized carbons (Fsp3) is 0.700. The summed E-state index contributed by atoms with van der Waals surface area (Å²) in [5.74, 6) is -1.48. The van der Waals surface area contributed by atoms with Crippen LogP contribution in [0.2, 0.25) is 0 Å². The molecule has 1 saturated heterocycles. The molecule has 0 aromatic rings. The minimum Gasteiger partial charge on any atom is -0.459 e. The molecule has 3 N–H and O–H groups in total. The molecule has 0 aromatic carbocycles. The summed E-state index contributed by atoms with van der Waals surface area (Å²) in [6.07, 6.45) is 2.40. The van der Waals surface area contributed by atoms with Gasteiger partial charge in [-0.2, -0.15) is 0 Å². The SMILES string of the molecule is C/C=C(/C)C(=O)OC1CCN2CC=C(COC(=O)C(O)(C(C)O)C(C)(C)O)C12. The standard InChI is InChI=1S/C20H31NO7/c1-6-12(2)17(23)28-15-8-10-21-9-7-14(16(15)21)11-27-18(24)20(26,13(3)22)19(4,5)25/h6-7,13,15-16,22,25-26H,8-11H2,1-5H3/b12-6-. The number of carbonyl (C=O) groups excluding carboxylic acids is 2. The lowest BCUT2D eigenvalue weighted by Gasteiger charge is -2.38. The second kappa shape index (κ2) is 8.32. The molecule has 4 atom stereocenters. The Morgan fingerprint density at radius 1 is 1.39 bits per heavy atom. The average molecular weight is 397 g/mol. The topological polar surface area (TPSA) is 117 Å². The van der Waals surface area contributed by atoms with Crippen molar-refractivity contribution >= 4 is 11.9 Å². The molecule has 8 nitrogen and oxygen atoms in total. The van der Waals surface area contributed by atoms with Gasteiger partial charge >= 0.3 is 11.9 Å². The van der Waals surface area contributed by atoms with Crippen LogP contribution in [0.15, 0.2) is 23.3 Å². The summed E-state index contributed by atoms with van der Waals surface area (Å²) in [6, 6.07) is -0.191. The molecule has 0 spiro atoms. The van der Waals surface area contributed by atoms with Gasteiger partial charge in [0.15, 0.2) is 0 Å². The molecule has 4 unspecified atom stereocenters. The van der Waals surface area contributed by atoms with Gasteiger partial charge in [0.1, 0.15) is 18.3 Å². The van der Waals surface area contributed by atoms with Crippen molar-refractivity contribution in [1.82, 2.24) is 4.90 Å². The van der Waals surface area contributed by atoms with Crippen molar-refractivity contribution < 1.29 is 34.4 Å². The zero-order valence-corrected chi connectivity index (χ0v) is 17.1. The third kappa shape index (κ3) is 4.15. The van der Waals surface area contributed by atoms with Gasteiger partial charge in [0.2, 0.25) is 5.60 Å². The summed E-state index contributed by atoms with van der Waals surface area (Å²) in [5.41, 5.74) is -3.06. The van der Waals surface area contributed by atoms with Gasteiger partial charge in [-0.15, -0.1) is 0 Å². The van der Waals surface area contributed by atoms with E-state index in [2.05, 4.69) is 4.90 Å². The zero-order valence-electron chi connectivity index (χ0n) is 17.1. The maximum Gasteiger partial charge on any atom is 0.344 e. The molecule has 0 saturated carbocycles. The summed E-state index contributed by atoms with van der Waals surface area (Å²) in [4.78, 5) is 26.7. The molecule has 158 valence electrons. The predicted octanol–water partition coefficient (Wildman–Crippen LogP) is 0.305. The van der Waals surface area contributed by atoms with Gasteiger partial charge in [-0.05, 0) is 46.6 Å². The fourth-order valence-corrected chi connectivity index (χ4v) is 3.66. The normalized spacial score (nSPS) is 26.3. The lowest BCUT2D eigenvalue weighted by Crippen LogP contribution is -2.63. The van der Waals surface area contributed by atoms with E-state index in [1.807, 2.05) is 6.08 Å². The molecule has 28 heavy (non-hydrogen) atoms. The maximum absolute atomic E-state index is 12.5. The molecule has 8 heteroatoms. The van der Waals surface area contributed by atoms with E-state index in [0.717, 1.165) is 12.1 Å². The molecular weight excluding hydrogens is 366 g/mol. The summed E-state index contributed by atoms with van der Waals surface area (Å²) in [7, 11) is 0. The van der Waals surface area contributed by atoms with Crippen molar-refractivity contribution in [2.24, 2.45) is 0 Å². The second-order valence-electron chi connectivity index (χ2n) is 8.00. The number of fused-ring (bicyclic) bond motifs is 1. The van der Waals surface area contributed by atoms with Gasteiger partial charge in [-0.1, -0.05) is 12.2 Å². The number of rotatable bonds is 7. The van der Waals surface area contributed by atoms with Gasteiger partial charge in [0.05, 0.1) is 12.1 Å². The first-order chi connectivity index (χ1) is 12.9. The fourth-order valence-electron chi connectivity index (χ4n) is 3.66. The molecule has 1 fully saturated rings. The third-order valence-electron chi connectivity index (χ3n) is 5.65. The first-order valence-electron chi connectivity index (χ1n) is 9.50. The Kier molecular flexibility index (Phi) is 6.70. The minimum absolute atomic E-state index is 0.123. The quantitative estimate of drug-likeness (QED) is 0.319. The third-order valence-corrected chi connectivity index (χ3v) is 5.65. The Balaban J connectivity index is 2.06. The van der Waals surface area contributed by atoms with Crippen molar-refractivity contribution in [3.8, 4) is 0 Å². The summed E-state index contributed by atoms with van der Waals surface area (Å²) < 4.78 is 10.9. The van der Waals surface area contributed by atoms with Crippen LogP contribution in [0, 0.1) is 0 Å². The molecule has 2 aliphatic rings. The summed E-state index contributed by atoms with van der Waals surface area (Å²) in [5, 5.41) is 30.5. The second-order valence-corrected chi connectivity index (χ2v) is 8.00. The van der Waals surface area contributed by atoms with Crippen LogP contribution in [0.25, 0.3) is 0 Å². The highest BCUT2D eigenvalue weighted by atomic mass is 16.6. The van der Waals surface area contributed by atoms with Gasteiger partial charge in [-0.25, -0.2) is 9.59 Å². The van der Waals surface area contributed by atoms with Crippen LogP contribution in [-0.2, 0) is 19.1 Å². The van der Waals surface area contributed by atoms with Crippen LogP contribution in [0.5, 0.6) is 0 Å². The lowest BCUT2D eigenvalue weighted by atomic mass is 9.81. The number of allylic oxidation sites excluding steroid dienone is 1. The van der Waals surface area contributed by atoms with Crippen molar-refractivity contribution in [3.63, 3.8) is 0 Å². The Morgan fingerprint density at radius 3 is 2.57 bits per heavy atom. The molecular formula is C20H31NO7. The van der Waals surface area contributed by atoms with Crippen LogP contribution in [0.4, 0.5) is 0 Å². The monoisotopic (exact) mass is 397 g/mol. The largest absolute Gasteiger partial charge is 0.459 e. The number of aliphatic hydroxyl groups is 3. The highest BCUT2D eigenvalue weighted by Gasteiger charge is 2.54. The van der Waals surface area contributed by atoms with E-state index < -0.39 is 23.3 Å². The molecule has 2 rings (SSSR count). The number of esters is 2. The van der Waals surface area contributed by atoms with Crippen molar-refractivity contribution in [1.29, 1.82) is 0 Å². The highest BCUT2D eigenvalue weighted by Crippen LogP contribution is 2.33. The molecule has 0 radical (unpaired) electrons. The van der Waals surface area contributed by atoms with E-state index in [-0.39, 0.29) is 24.7 Å². The molecule has 0 aromatic heterocycles. The Morgan fingerprint density at radius 2 is 2.04 bits per heavy atom. The zero-order chi connectivity index (χ0) is 21.3. The predicted molar refractivity (Wildman–Crippen MR) is 101 cm³/mol. The van der Waals surface area contributed by atoms with Crippen molar-refractivity contribution in [2.45, 2.75) is 70.5 Å². The van der Waals surface area contributed by atoms with Crippen molar-refractivity contribution in [2.75, 3.05) is 19.7 Å². The Labute approximate surface area is 165 Å². The first kappa shape index (κ1) is 22.5. The van der Waals surface area contributed by atoms with Gasteiger partial charge in [0.25, 0.3) is 0 Å². The molecule has 2 aliphatic heterocycles. The van der Waals surface area contributed by atoms with E-state index in [4.69, 9.17) is 9.47 Å². The first-order valence-corrected chi connectivity index (χ1v) is 9.50. The smallest absolute Gasteiger partial charge is 0.344 e. The molecule has 0 bridgehead atoms. The van der Waals surface area contributed by atoms with Gasteiger partial charge in [-0.3, -0.25) is 4.90 Å². The van der Waals surface area contributed by atoms with Gasteiger partial charge < -0.3 is 24.8 Å². The number of hydrogen-bond acceptors (Lipinski definition) is 8.